The maximum Gasteiger partial charge on any atom is 0.223 e. The van der Waals surface area contributed by atoms with Crippen molar-refractivity contribution in [1.29, 1.82) is 0 Å². The highest BCUT2D eigenvalue weighted by atomic mass is 19.1. The first-order chi connectivity index (χ1) is 9.55. The van der Waals surface area contributed by atoms with Crippen LogP contribution in [0.15, 0.2) is 18.2 Å². The van der Waals surface area contributed by atoms with E-state index in [9.17, 15) is 14.0 Å². The van der Waals surface area contributed by atoms with Crippen LogP contribution in [0.25, 0.3) is 0 Å². The molecule has 0 N–H and O–H groups in total. The van der Waals surface area contributed by atoms with Crippen LogP contribution >= 0.6 is 0 Å². The predicted molar refractivity (Wildman–Crippen MR) is 72.3 cm³/mol. The number of hydrogen-bond acceptors (Lipinski definition) is 3. The summed E-state index contributed by atoms with van der Waals surface area (Å²) in [6, 6.07) is 3.81. The molecule has 20 heavy (non-hydrogen) atoms. The highest BCUT2D eigenvalue weighted by molar-refractivity contribution is 6.01. The molecule has 1 atom stereocenters. The second-order valence-corrected chi connectivity index (χ2v) is 5.02. The zero-order valence-electron chi connectivity index (χ0n) is 11.7. The summed E-state index contributed by atoms with van der Waals surface area (Å²) in [4.78, 5) is 25.6. The first kappa shape index (κ1) is 14.5. The number of rotatable bonds is 5. The lowest BCUT2D eigenvalue weighted by atomic mass is 10.1. The van der Waals surface area contributed by atoms with E-state index >= 15 is 0 Å². The van der Waals surface area contributed by atoms with Crippen LogP contribution in [-0.4, -0.2) is 36.8 Å². The fourth-order valence-corrected chi connectivity index (χ4v) is 2.44. The Morgan fingerprint density at radius 1 is 1.50 bits per heavy atom. The van der Waals surface area contributed by atoms with Gasteiger partial charge in [-0.25, -0.2) is 4.39 Å². The number of carbonyl (C=O) groups is 2. The Morgan fingerprint density at radius 3 is 2.85 bits per heavy atom. The summed E-state index contributed by atoms with van der Waals surface area (Å²) in [5.74, 6) is -0.167. The lowest BCUT2D eigenvalue weighted by Crippen LogP contribution is -2.31. The zero-order valence-corrected chi connectivity index (χ0v) is 11.7. The molecule has 1 saturated heterocycles. The number of carbonyl (C=O) groups excluding carboxylic acids is 2. The first-order valence-electron chi connectivity index (χ1n) is 6.69. The summed E-state index contributed by atoms with van der Waals surface area (Å²) in [7, 11) is 1.43. The number of amides is 1. The van der Waals surface area contributed by atoms with Gasteiger partial charge in [0.1, 0.15) is 11.6 Å². The van der Waals surface area contributed by atoms with E-state index in [1.807, 2.05) is 6.92 Å². The molecule has 1 aromatic carbocycles. The number of Topliss-reactive ketones (excluding diaryl/α,β-unsaturated/α-hetero) is 1. The van der Waals surface area contributed by atoms with Crippen molar-refractivity contribution in [2.45, 2.75) is 19.8 Å². The van der Waals surface area contributed by atoms with Crippen molar-refractivity contribution < 1.29 is 18.7 Å². The van der Waals surface area contributed by atoms with Gasteiger partial charge in [-0.2, -0.15) is 0 Å². The van der Waals surface area contributed by atoms with Crippen molar-refractivity contribution in [3.63, 3.8) is 0 Å². The number of nitrogens with zero attached hydrogens (tertiary/aromatic N) is 1. The van der Waals surface area contributed by atoms with Crippen molar-refractivity contribution in [2.24, 2.45) is 5.92 Å². The highest BCUT2D eigenvalue weighted by Gasteiger charge is 2.30. The van der Waals surface area contributed by atoms with Gasteiger partial charge in [0.2, 0.25) is 5.91 Å². The van der Waals surface area contributed by atoms with Crippen LogP contribution in [0.4, 0.5) is 4.39 Å². The smallest absolute Gasteiger partial charge is 0.223 e. The van der Waals surface area contributed by atoms with Gasteiger partial charge in [-0.05, 0) is 24.1 Å². The molecule has 1 amide bonds. The molecular weight excluding hydrogens is 261 g/mol. The van der Waals surface area contributed by atoms with Crippen LogP contribution in [0.1, 0.15) is 30.1 Å². The number of ketones is 1. The van der Waals surface area contributed by atoms with Gasteiger partial charge in [0.05, 0.1) is 19.2 Å². The van der Waals surface area contributed by atoms with Gasteiger partial charge in [-0.1, -0.05) is 13.3 Å². The molecule has 0 radical (unpaired) electrons. The third kappa shape index (κ3) is 2.98. The SMILES string of the molecule is CCC1CC(=O)N(CC(=O)c2cc(F)ccc2OC)C1. The molecule has 1 aromatic rings. The molecule has 0 spiro atoms. The van der Waals surface area contributed by atoms with Crippen molar-refractivity contribution >= 4 is 11.7 Å². The summed E-state index contributed by atoms with van der Waals surface area (Å²) in [6.45, 7) is 2.60. The van der Waals surface area contributed by atoms with E-state index in [0.717, 1.165) is 12.5 Å². The second kappa shape index (κ2) is 6.03. The van der Waals surface area contributed by atoms with E-state index in [2.05, 4.69) is 0 Å². The van der Waals surface area contributed by atoms with E-state index in [4.69, 9.17) is 4.74 Å². The lowest BCUT2D eigenvalue weighted by Gasteiger charge is -2.16. The number of halogens is 1. The van der Waals surface area contributed by atoms with Gasteiger partial charge in [0, 0.05) is 13.0 Å². The van der Waals surface area contributed by atoms with E-state index in [-0.39, 0.29) is 23.8 Å². The Bertz CT molecular complexity index is 530. The maximum atomic E-state index is 13.3. The molecule has 1 aliphatic rings. The van der Waals surface area contributed by atoms with Crippen LogP contribution in [0, 0.1) is 11.7 Å². The lowest BCUT2D eigenvalue weighted by molar-refractivity contribution is -0.127. The molecule has 108 valence electrons. The highest BCUT2D eigenvalue weighted by Crippen LogP contribution is 2.23. The quantitative estimate of drug-likeness (QED) is 0.777. The number of ether oxygens (including phenoxy) is 1. The molecule has 4 nitrogen and oxygen atoms in total. The normalized spacial score (nSPS) is 18.4. The third-order valence-electron chi connectivity index (χ3n) is 3.67. The maximum absolute atomic E-state index is 13.3. The largest absolute Gasteiger partial charge is 0.496 e. The summed E-state index contributed by atoms with van der Waals surface area (Å²) >= 11 is 0. The molecule has 0 bridgehead atoms. The van der Waals surface area contributed by atoms with Crippen LogP contribution < -0.4 is 4.74 Å². The van der Waals surface area contributed by atoms with Crippen molar-refractivity contribution in [2.75, 3.05) is 20.2 Å². The molecule has 0 aromatic heterocycles. The molecule has 0 aliphatic carbocycles. The standard InChI is InChI=1S/C15H18FNO3/c1-3-10-6-15(19)17(8-10)9-13(18)12-7-11(16)4-5-14(12)20-2/h4-5,7,10H,3,6,8-9H2,1-2H3. The molecule has 0 saturated carbocycles. The van der Waals surface area contributed by atoms with Gasteiger partial charge in [0.25, 0.3) is 0 Å². The summed E-state index contributed by atoms with van der Waals surface area (Å²) < 4.78 is 18.3. The van der Waals surface area contributed by atoms with Gasteiger partial charge in [-0.15, -0.1) is 0 Å². The number of benzene rings is 1. The van der Waals surface area contributed by atoms with Crippen LogP contribution in [0.3, 0.4) is 0 Å². The Kier molecular flexibility index (Phi) is 4.37. The van der Waals surface area contributed by atoms with Crippen molar-refractivity contribution in [3.8, 4) is 5.75 Å². The van der Waals surface area contributed by atoms with Crippen LogP contribution in [-0.2, 0) is 4.79 Å². The van der Waals surface area contributed by atoms with Gasteiger partial charge >= 0.3 is 0 Å². The second-order valence-electron chi connectivity index (χ2n) is 5.02. The number of methoxy groups -OCH3 is 1. The fourth-order valence-electron chi connectivity index (χ4n) is 2.44. The van der Waals surface area contributed by atoms with Crippen molar-refractivity contribution in [1.82, 2.24) is 4.90 Å². The minimum Gasteiger partial charge on any atom is -0.496 e. The number of likely N-dealkylation sites (tertiary alicyclic amines) is 1. The van der Waals surface area contributed by atoms with E-state index in [1.54, 1.807) is 4.90 Å². The molecule has 2 rings (SSSR count). The summed E-state index contributed by atoms with van der Waals surface area (Å²) in [5, 5.41) is 0. The van der Waals surface area contributed by atoms with E-state index < -0.39 is 5.82 Å². The Morgan fingerprint density at radius 2 is 2.25 bits per heavy atom. The molecule has 1 unspecified atom stereocenters. The van der Waals surface area contributed by atoms with Crippen LogP contribution in [0.5, 0.6) is 5.75 Å². The molecule has 1 fully saturated rings. The molecular formula is C15H18FNO3. The minimum absolute atomic E-state index is 0.0134. The Hall–Kier alpha value is -1.91. The molecule has 1 heterocycles. The molecule has 5 heteroatoms. The summed E-state index contributed by atoms with van der Waals surface area (Å²) in [5.41, 5.74) is 0.181. The average Bonchev–Trinajstić information content (AvgIpc) is 2.79. The predicted octanol–water partition coefficient (Wildman–Crippen LogP) is 2.28. The minimum atomic E-state index is -0.492. The average molecular weight is 279 g/mol. The fraction of sp³-hybridized carbons (Fsp3) is 0.467. The zero-order chi connectivity index (χ0) is 14.7. The topological polar surface area (TPSA) is 46.6 Å². The van der Waals surface area contributed by atoms with Gasteiger partial charge in [-0.3, -0.25) is 9.59 Å². The first-order valence-corrected chi connectivity index (χ1v) is 6.69. The molecule has 1 aliphatic heterocycles. The van der Waals surface area contributed by atoms with Crippen LogP contribution in [0.2, 0.25) is 0 Å². The third-order valence-corrected chi connectivity index (χ3v) is 3.67. The monoisotopic (exact) mass is 279 g/mol. The van der Waals surface area contributed by atoms with Crippen molar-refractivity contribution in [3.05, 3.63) is 29.6 Å². The van der Waals surface area contributed by atoms with E-state index in [0.29, 0.717) is 24.6 Å². The Balaban J connectivity index is 2.13. The Labute approximate surface area is 117 Å². The summed E-state index contributed by atoms with van der Waals surface area (Å²) in [6.07, 6.45) is 1.41. The van der Waals surface area contributed by atoms with Gasteiger partial charge in [0.15, 0.2) is 5.78 Å². The van der Waals surface area contributed by atoms with Gasteiger partial charge < -0.3 is 9.64 Å². The van der Waals surface area contributed by atoms with E-state index in [1.165, 1.54) is 19.2 Å². The number of hydrogen-bond donors (Lipinski definition) is 0.